The van der Waals surface area contributed by atoms with Crippen molar-refractivity contribution in [3.63, 3.8) is 0 Å². The Hall–Kier alpha value is -2.29. The number of carbonyl (C=O) groups is 1. The predicted octanol–water partition coefficient (Wildman–Crippen LogP) is 3.02. The maximum Gasteiger partial charge on any atom is 0.407 e. The van der Waals surface area contributed by atoms with Crippen molar-refractivity contribution in [1.29, 1.82) is 0 Å². The van der Waals surface area contributed by atoms with Crippen LogP contribution in [0, 0.1) is 17.0 Å². The fraction of sp³-hybridized carbons (Fsp3) is 0.533. The van der Waals surface area contributed by atoms with Gasteiger partial charge in [0.2, 0.25) is 0 Å². The normalized spacial score (nSPS) is 18.9. The lowest BCUT2D eigenvalue weighted by molar-refractivity contribution is -0.385. The number of nitro benzene ring substituents is 1. The number of hydrogen-bond donors (Lipinski definition) is 1. The van der Waals surface area contributed by atoms with Crippen LogP contribution in [-0.2, 0) is 6.54 Å². The number of alkyl halides is 2. The van der Waals surface area contributed by atoms with Gasteiger partial charge >= 0.3 is 6.09 Å². The minimum atomic E-state index is -2.79. The van der Waals surface area contributed by atoms with E-state index in [1.54, 1.807) is 13.8 Å². The molecular formula is C15H19F2N3O4. The second kappa shape index (κ2) is 7.08. The van der Waals surface area contributed by atoms with E-state index in [-0.39, 0.29) is 23.8 Å². The van der Waals surface area contributed by atoms with Crippen molar-refractivity contribution in [2.45, 2.75) is 32.9 Å². The van der Waals surface area contributed by atoms with E-state index in [0.717, 1.165) is 6.07 Å². The van der Waals surface area contributed by atoms with Gasteiger partial charge in [0.05, 0.1) is 4.92 Å². The van der Waals surface area contributed by atoms with E-state index in [1.807, 2.05) is 4.90 Å². The lowest BCUT2D eigenvalue weighted by Crippen LogP contribution is -2.53. The number of amides is 1. The third kappa shape index (κ3) is 3.78. The molecule has 1 amide bonds. The minimum absolute atomic E-state index is 0.232. The van der Waals surface area contributed by atoms with Crippen LogP contribution in [0.25, 0.3) is 0 Å². The molecule has 1 aromatic carbocycles. The second-order valence-electron chi connectivity index (χ2n) is 5.94. The Morgan fingerprint density at radius 3 is 2.62 bits per heavy atom. The first-order valence-corrected chi connectivity index (χ1v) is 7.48. The number of rotatable bonds is 4. The molecule has 1 saturated heterocycles. The van der Waals surface area contributed by atoms with E-state index >= 15 is 0 Å². The monoisotopic (exact) mass is 343 g/mol. The molecule has 1 N–H and O–H groups in total. The van der Waals surface area contributed by atoms with Gasteiger partial charge in [-0.3, -0.25) is 15.0 Å². The molecule has 0 aromatic heterocycles. The standard InChI is InChI=1S/C15H19F2N3O4/c1-9-7-18(3-4-19(9)15(21)22)8-12-5-11(14(16)17)6-13(10(12)2)20(23)24/h5-6,9,14H,3-4,7-8H2,1-2H3,(H,21,22)/t9-/m0/s1. The molecule has 1 fully saturated rings. The number of piperazine rings is 1. The van der Waals surface area contributed by atoms with Gasteiger partial charge in [0, 0.05) is 49.4 Å². The van der Waals surface area contributed by atoms with Crippen LogP contribution in [0.1, 0.15) is 30.0 Å². The summed E-state index contributed by atoms with van der Waals surface area (Å²) in [7, 11) is 0. The van der Waals surface area contributed by atoms with Crippen molar-refractivity contribution in [3.05, 3.63) is 38.9 Å². The van der Waals surface area contributed by atoms with Crippen molar-refractivity contribution >= 4 is 11.8 Å². The number of halogens is 2. The fourth-order valence-electron chi connectivity index (χ4n) is 2.96. The molecule has 9 heteroatoms. The van der Waals surface area contributed by atoms with E-state index in [2.05, 4.69) is 0 Å². The van der Waals surface area contributed by atoms with Crippen LogP contribution in [0.4, 0.5) is 19.3 Å². The topological polar surface area (TPSA) is 86.9 Å². The van der Waals surface area contributed by atoms with Crippen LogP contribution >= 0.6 is 0 Å². The van der Waals surface area contributed by atoms with E-state index in [0.29, 0.717) is 30.8 Å². The number of nitrogens with zero attached hydrogens (tertiary/aromatic N) is 3. The van der Waals surface area contributed by atoms with E-state index in [9.17, 15) is 23.7 Å². The Labute approximate surface area is 137 Å². The van der Waals surface area contributed by atoms with Gasteiger partial charge in [0.15, 0.2) is 0 Å². The lowest BCUT2D eigenvalue weighted by Gasteiger charge is -2.38. The van der Waals surface area contributed by atoms with Crippen LogP contribution < -0.4 is 0 Å². The van der Waals surface area contributed by atoms with E-state index in [1.165, 1.54) is 11.0 Å². The summed E-state index contributed by atoms with van der Waals surface area (Å²) in [6.45, 7) is 4.78. The van der Waals surface area contributed by atoms with Crippen molar-refractivity contribution in [2.24, 2.45) is 0 Å². The van der Waals surface area contributed by atoms with Crippen LogP contribution in [0.3, 0.4) is 0 Å². The molecule has 1 aromatic rings. The van der Waals surface area contributed by atoms with Gasteiger partial charge in [-0.15, -0.1) is 0 Å². The number of carboxylic acid groups (broad SMARTS) is 1. The average Bonchev–Trinajstić information content (AvgIpc) is 2.48. The van der Waals surface area contributed by atoms with Gasteiger partial charge in [-0.2, -0.15) is 0 Å². The molecule has 0 saturated carbocycles. The molecule has 1 aliphatic rings. The quantitative estimate of drug-likeness (QED) is 0.671. The van der Waals surface area contributed by atoms with Gasteiger partial charge in [0.1, 0.15) is 0 Å². The summed E-state index contributed by atoms with van der Waals surface area (Å²) in [4.78, 5) is 24.7. The summed E-state index contributed by atoms with van der Waals surface area (Å²) < 4.78 is 26.0. The number of nitro groups is 1. The molecule has 0 radical (unpaired) electrons. The largest absolute Gasteiger partial charge is 0.465 e. The molecule has 0 spiro atoms. The predicted molar refractivity (Wildman–Crippen MR) is 82.3 cm³/mol. The molecule has 24 heavy (non-hydrogen) atoms. The van der Waals surface area contributed by atoms with Crippen LogP contribution in [0.5, 0.6) is 0 Å². The molecule has 1 atom stereocenters. The van der Waals surface area contributed by atoms with Gasteiger partial charge in [-0.25, -0.2) is 13.6 Å². The summed E-state index contributed by atoms with van der Waals surface area (Å²) in [5, 5.41) is 20.2. The second-order valence-corrected chi connectivity index (χ2v) is 5.94. The molecule has 0 unspecified atom stereocenters. The summed E-state index contributed by atoms with van der Waals surface area (Å²) in [6, 6.07) is 1.97. The van der Waals surface area contributed by atoms with E-state index in [4.69, 9.17) is 5.11 Å². The Morgan fingerprint density at radius 1 is 1.46 bits per heavy atom. The van der Waals surface area contributed by atoms with Crippen LogP contribution in [0.2, 0.25) is 0 Å². The number of benzene rings is 1. The third-order valence-corrected chi connectivity index (χ3v) is 4.31. The minimum Gasteiger partial charge on any atom is -0.465 e. The van der Waals surface area contributed by atoms with Gasteiger partial charge < -0.3 is 10.0 Å². The van der Waals surface area contributed by atoms with Gasteiger partial charge in [-0.05, 0) is 25.5 Å². The Kier molecular flexibility index (Phi) is 5.33. The maximum atomic E-state index is 13.0. The fourth-order valence-corrected chi connectivity index (χ4v) is 2.96. The van der Waals surface area contributed by atoms with Crippen LogP contribution in [0.15, 0.2) is 12.1 Å². The molecule has 0 bridgehead atoms. The lowest BCUT2D eigenvalue weighted by atomic mass is 10.0. The first kappa shape index (κ1) is 18.1. The van der Waals surface area contributed by atoms with Crippen molar-refractivity contribution in [3.8, 4) is 0 Å². The third-order valence-electron chi connectivity index (χ3n) is 4.31. The summed E-state index contributed by atoms with van der Waals surface area (Å²) >= 11 is 0. The summed E-state index contributed by atoms with van der Waals surface area (Å²) in [5.41, 5.74) is 0.132. The molecule has 132 valence electrons. The molecule has 7 nitrogen and oxygen atoms in total. The van der Waals surface area contributed by atoms with Crippen molar-refractivity contribution < 1.29 is 23.6 Å². The number of hydrogen-bond acceptors (Lipinski definition) is 4. The zero-order valence-electron chi connectivity index (χ0n) is 13.4. The summed E-state index contributed by atoms with van der Waals surface area (Å²) in [6.07, 6.45) is -3.78. The first-order valence-electron chi connectivity index (χ1n) is 7.48. The Bertz CT molecular complexity index is 654. The average molecular weight is 343 g/mol. The smallest absolute Gasteiger partial charge is 0.407 e. The highest BCUT2D eigenvalue weighted by atomic mass is 19.3. The van der Waals surface area contributed by atoms with E-state index < -0.39 is 17.4 Å². The van der Waals surface area contributed by atoms with Crippen molar-refractivity contribution in [2.75, 3.05) is 19.6 Å². The maximum absolute atomic E-state index is 13.0. The highest BCUT2D eigenvalue weighted by molar-refractivity contribution is 5.65. The van der Waals surface area contributed by atoms with Gasteiger partial charge in [0.25, 0.3) is 12.1 Å². The molecular weight excluding hydrogens is 324 g/mol. The summed E-state index contributed by atoms with van der Waals surface area (Å²) in [5.74, 6) is 0. The van der Waals surface area contributed by atoms with Crippen molar-refractivity contribution in [1.82, 2.24) is 9.80 Å². The van der Waals surface area contributed by atoms with Crippen LogP contribution in [-0.4, -0.2) is 51.6 Å². The molecule has 0 aliphatic carbocycles. The van der Waals surface area contributed by atoms with Gasteiger partial charge in [-0.1, -0.05) is 0 Å². The SMILES string of the molecule is Cc1c(CN2CCN(C(=O)O)[C@@H](C)C2)cc(C(F)F)cc1[N+](=O)[O-]. The zero-order valence-corrected chi connectivity index (χ0v) is 13.4. The Morgan fingerprint density at radius 2 is 2.12 bits per heavy atom. The zero-order chi connectivity index (χ0) is 18.0. The highest BCUT2D eigenvalue weighted by Crippen LogP contribution is 2.30. The molecule has 2 rings (SSSR count). The molecule has 1 heterocycles. The highest BCUT2D eigenvalue weighted by Gasteiger charge is 2.28. The molecule has 1 aliphatic heterocycles. The Balaban J connectivity index is 2.23. The first-order chi connectivity index (χ1) is 11.2.